The van der Waals surface area contributed by atoms with Crippen molar-refractivity contribution < 1.29 is 14.6 Å². The lowest BCUT2D eigenvalue weighted by atomic mass is 10.2. The smallest absolute Gasteiger partial charge is 0.340 e. The second-order valence-corrected chi connectivity index (χ2v) is 3.17. The molecule has 7 N–H and O–H groups in total. The molecular formula is C11H17N3O3. The van der Waals surface area contributed by atoms with Gasteiger partial charge in [-0.3, -0.25) is 0 Å². The van der Waals surface area contributed by atoms with Crippen LogP contribution in [0, 0.1) is 0 Å². The van der Waals surface area contributed by atoms with Gasteiger partial charge in [-0.1, -0.05) is 0 Å². The number of hydrogen-bond donors (Lipinski definition) is 4. The lowest BCUT2D eigenvalue weighted by Gasteiger charge is -2.02. The summed E-state index contributed by atoms with van der Waals surface area (Å²) in [5, 5.41) is 9.02. The summed E-state index contributed by atoms with van der Waals surface area (Å²) in [7, 11) is 1.26. The van der Waals surface area contributed by atoms with Crippen LogP contribution in [0.15, 0.2) is 30.1 Å². The Morgan fingerprint density at radius 1 is 1.47 bits per heavy atom. The summed E-state index contributed by atoms with van der Waals surface area (Å²) in [6.45, 7) is 1.74. The van der Waals surface area contributed by atoms with Crippen molar-refractivity contribution in [2.75, 3.05) is 12.8 Å². The van der Waals surface area contributed by atoms with E-state index in [0.717, 1.165) is 0 Å². The van der Waals surface area contributed by atoms with E-state index in [0.29, 0.717) is 11.4 Å². The summed E-state index contributed by atoms with van der Waals surface area (Å²) in [6, 6.07) is 4.12. The number of methoxy groups -OCH3 is 1. The molecule has 1 rings (SSSR count). The van der Waals surface area contributed by atoms with Crippen LogP contribution >= 0.6 is 0 Å². The van der Waals surface area contributed by atoms with Crippen molar-refractivity contribution in [3.05, 3.63) is 35.7 Å². The third-order valence-corrected chi connectivity index (χ3v) is 1.71. The molecule has 0 aromatic heterocycles. The van der Waals surface area contributed by atoms with Crippen molar-refractivity contribution in [2.24, 2.45) is 11.5 Å². The van der Waals surface area contributed by atoms with Gasteiger partial charge in [0.2, 0.25) is 0 Å². The molecule has 0 saturated heterocycles. The van der Waals surface area contributed by atoms with E-state index in [1.807, 2.05) is 0 Å². The van der Waals surface area contributed by atoms with Crippen LogP contribution in [0.5, 0.6) is 5.75 Å². The molecule has 0 amide bonds. The molecule has 17 heavy (non-hydrogen) atoms. The van der Waals surface area contributed by atoms with Crippen LogP contribution in [0.3, 0.4) is 0 Å². The SMILES string of the molecule is C/C(N)=C\N.COC(=O)c1cc(O)ccc1N. The van der Waals surface area contributed by atoms with E-state index in [1.54, 1.807) is 6.92 Å². The van der Waals surface area contributed by atoms with Crippen molar-refractivity contribution in [2.45, 2.75) is 6.92 Å². The van der Waals surface area contributed by atoms with Gasteiger partial charge in [-0.2, -0.15) is 0 Å². The van der Waals surface area contributed by atoms with Crippen molar-refractivity contribution >= 4 is 11.7 Å². The van der Waals surface area contributed by atoms with E-state index in [4.69, 9.17) is 22.3 Å². The molecule has 0 unspecified atom stereocenters. The van der Waals surface area contributed by atoms with Gasteiger partial charge in [-0.25, -0.2) is 4.79 Å². The van der Waals surface area contributed by atoms with Gasteiger partial charge < -0.3 is 27.0 Å². The molecule has 0 aliphatic carbocycles. The number of ether oxygens (including phenoxy) is 1. The highest BCUT2D eigenvalue weighted by Crippen LogP contribution is 2.18. The van der Waals surface area contributed by atoms with Crippen LogP contribution in [0.4, 0.5) is 5.69 Å². The average molecular weight is 239 g/mol. The van der Waals surface area contributed by atoms with E-state index in [2.05, 4.69) is 4.74 Å². The molecule has 0 bridgehead atoms. The van der Waals surface area contributed by atoms with Gasteiger partial charge in [0.15, 0.2) is 0 Å². The maximum absolute atomic E-state index is 11.0. The van der Waals surface area contributed by atoms with Crippen molar-refractivity contribution in [3.8, 4) is 5.75 Å². The summed E-state index contributed by atoms with van der Waals surface area (Å²) in [5.41, 5.74) is 16.5. The Bertz CT molecular complexity index is 412. The highest BCUT2D eigenvalue weighted by atomic mass is 16.5. The number of esters is 1. The lowest BCUT2D eigenvalue weighted by Crippen LogP contribution is -2.04. The first kappa shape index (κ1) is 14.6. The first-order chi connectivity index (χ1) is 7.92. The minimum atomic E-state index is -0.552. The predicted molar refractivity (Wildman–Crippen MR) is 66.0 cm³/mol. The van der Waals surface area contributed by atoms with Gasteiger partial charge in [-0.05, 0) is 25.1 Å². The Morgan fingerprint density at radius 2 is 2.00 bits per heavy atom. The molecule has 0 spiro atoms. The van der Waals surface area contributed by atoms with Crippen LogP contribution in [0.2, 0.25) is 0 Å². The van der Waals surface area contributed by atoms with Gasteiger partial charge >= 0.3 is 5.97 Å². The molecule has 0 fully saturated rings. The highest BCUT2D eigenvalue weighted by molar-refractivity contribution is 5.95. The number of allylic oxidation sites excluding steroid dienone is 1. The zero-order valence-corrected chi connectivity index (χ0v) is 9.81. The summed E-state index contributed by atoms with van der Waals surface area (Å²) in [6.07, 6.45) is 1.36. The second kappa shape index (κ2) is 7.00. The quantitative estimate of drug-likeness (QED) is 0.322. The van der Waals surface area contributed by atoms with Crippen molar-refractivity contribution in [1.29, 1.82) is 0 Å². The number of rotatable bonds is 1. The Hall–Kier alpha value is -2.37. The van der Waals surface area contributed by atoms with E-state index >= 15 is 0 Å². The van der Waals surface area contributed by atoms with Crippen molar-refractivity contribution in [1.82, 2.24) is 0 Å². The molecule has 0 aliphatic rings. The predicted octanol–water partition coefficient (Wildman–Crippen LogP) is 0.526. The van der Waals surface area contributed by atoms with E-state index in [1.165, 1.54) is 31.5 Å². The monoisotopic (exact) mass is 239 g/mol. The number of nitrogen functional groups attached to an aromatic ring is 1. The molecule has 0 saturated carbocycles. The fraction of sp³-hybridized carbons (Fsp3) is 0.182. The van der Waals surface area contributed by atoms with Gasteiger partial charge in [0.05, 0.1) is 12.7 Å². The van der Waals surface area contributed by atoms with E-state index in [9.17, 15) is 4.79 Å². The van der Waals surface area contributed by atoms with Gasteiger partial charge in [0.1, 0.15) is 5.75 Å². The maximum Gasteiger partial charge on any atom is 0.340 e. The Labute approximate surface area is 99.7 Å². The minimum Gasteiger partial charge on any atom is -0.508 e. The summed E-state index contributed by atoms with van der Waals surface area (Å²) in [4.78, 5) is 11.0. The molecule has 94 valence electrons. The van der Waals surface area contributed by atoms with E-state index < -0.39 is 5.97 Å². The average Bonchev–Trinajstić information content (AvgIpc) is 2.32. The van der Waals surface area contributed by atoms with Crippen LogP contribution in [0.25, 0.3) is 0 Å². The Balaban J connectivity index is 0.000000437. The molecule has 6 nitrogen and oxygen atoms in total. The van der Waals surface area contributed by atoms with Crippen LogP contribution in [-0.4, -0.2) is 18.2 Å². The number of carbonyl (C=O) groups excluding carboxylic acids is 1. The van der Waals surface area contributed by atoms with Crippen LogP contribution in [0.1, 0.15) is 17.3 Å². The summed E-state index contributed by atoms with van der Waals surface area (Å²) < 4.78 is 4.44. The molecular weight excluding hydrogens is 222 g/mol. The molecule has 0 aliphatic heterocycles. The maximum atomic E-state index is 11.0. The molecule has 0 heterocycles. The number of nitrogens with two attached hydrogens (primary N) is 3. The number of anilines is 1. The number of hydrogen-bond acceptors (Lipinski definition) is 6. The third-order valence-electron chi connectivity index (χ3n) is 1.71. The number of phenols is 1. The fourth-order valence-corrected chi connectivity index (χ4v) is 0.831. The standard InChI is InChI=1S/C8H9NO3.C3H8N2/c1-12-8(11)6-4-5(10)2-3-7(6)9;1-3(5)2-4/h2-4,10H,9H2,1H3;2H,4-5H2,1H3/b;3-2+. The minimum absolute atomic E-state index is 0.00963. The summed E-state index contributed by atoms with van der Waals surface area (Å²) in [5.74, 6) is -0.562. The first-order valence-electron chi connectivity index (χ1n) is 4.73. The lowest BCUT2D eigenvalue weighted by molar-refractivity contribution is 0.0601. The number of phenolic OH excluding ortho intramolecular Hbond substituents is 1. The van der Waals surface area contributed by atoms with Gasteiger partial charge in [-0.15, -0.1) is 0 Å². The largest absolute Gasteiger partial charge is 0.508 e. The zero-order chi connectivity index (χ0) is 13.4. The second-order valence-electron chi connectivity index (χ2n) is 3.17. The molecule has 1 aromatic rings. The number of benzene rings is 1. The Morgan fingerprint density at radius 3 is 2.41 bits per heavy atom. The molecule has 0 radical (unpaired) electrons. The molecule has 0 atom stereocenters. The zero-order valence-electron chi connectivity index (χ0n) is 9.81. The van der Waals surface area contributed by atoms with E-state index in [-0.39, 0.29) is 11.3 Å². The topological polar surface area (TPSA) is 125 Å². The Kier molecular flexibility index (Phi) is 6.02. The third kappa shape index (κ3) is 5.31. The van der Waals surface area contributed by atoms with Crippen LogP contribution < -0.4 is 17.2 Å². The molecule has 6 heteroatoms. The number of carbonyl (C=O) groups is 1. The summed E-state index contributed by atoms with van der Waals surface area (Å²) >= 11 is 0. The fourth-order valence-electron chi connectivity index (χ4n) is 0.831. The highest BCUT2D eigenvalue weighted by Gasteiger charge is 2.09. The van der Waals surface area contributed by atoms with Gasteiger partial charge in [0.25, 0.3) is 0 Å². The van der Waals surface area contributed by atoms with Gasteiger partial charge in [0, 0.05) is 17.6 Å². The first-order valence-corrected chi connectivity index (χ1v) is 4.73. The normalized spacial score (nSPS) is 10.1. The molecule has 1 aromatic carbocycles. The van der Waals surface area contributed by atoms with Crippen molar-refractivity contribution in [3.63, 3.8) is 0 Å². The van der Waals surface area contributed by atoms with Crippen LogP contribution in [-0.2, 0) is 4.74 Å². The number of aromatic hydroxyl groups is 1.